The lowest BCUT2D eigenvalue weighted by Gasteiger charge is -2.07. The number of hydrogen-bond donors (Lipinski definition) is 1. The summed E-state index contributed by atoms with van der Waals surface area (Å²) in [5.74, 6) is 0. The zero-order valence-electron chi connectivity index (χ0n) is 9.01. The van der Waals surface area contributed by atoms with E-state index in [-0.39, 0.29) is 0 Å². The predicted molar refractivity (Wildman–Crippen MR) is 85.9 cm³/mol. The van der Waals surface area contributed by atoms with Gasteiger partial charge < -0.3 is 5.32 Å². The molecule has 2 nitrogen and oxygen atoms in total. The molecule has 1 heterocycles. The molecule has 0 atom stereocenters. The van der Waals surface area contributed by atoms with Crippen molar-refractivity contribution < 1.29 is 0 Å². The Kier molecular flexibility index (Phi) is 4.84. The molecule has 18 heavy (non-hydrogen) atoms. The maximum absolute atomic E-state index is 8.79. The predicted octanol–water partition coefficient (Wildman–Crippen LogP) is 5.52. The van der Waals surface area contributed by atoms with E-state index in [4.69, 9.17) is 5.26 Å². The van der Waals surface area contributed by atoms with Gasteiger partial charge in [-0.1, -0.05) is 0 Å². The zero-order chi connectivity index (χ0) is 13.1. The maximum atomic E-state index is 8.79. The Bertz CT molecular complexity index is 597. The normalized spacial score (nSPS) is 10.1. The van der Waals surface area contributed by atoms with Crippen molar-refractivity contribution in [3.8, 4) is 6.07 Å². The second-order valence-electron chi connectivity index (χ2n) is 3.49. The van der Waals surface area contributed by atoms with E-state index in [1.165, 1.54) is 4.88 Å². The Hall–Kier alpha value is -0.350. The minimum atomic E-state index is 0.647. The molecule has 1 N–H and O–H groups in total. The Balaban J connectivity index is 2.09. The van der Waals surface area contributed by atoms with E-state index in [0.29, 0.717) is 5.56 Å². The van der Waals surface area contributed by atoms with Crippen LogP contribution in [0.5, 0.6) is 0 Å². The fourth-order valence-corrected chi connectivity index (χ4v) is 4.02. The SMILES string of the molecule is N#Cc1ccc(NCc2cc(Br)c(Br)s2)c(Br)c1. The molecule has 0 aliphatic carbocycles. The van der Waals surface area contributed by atoms with Crippen molar-refractivity contribution in [2.24, 2.45) is 0 Å². The summed E-state index contributed by atoms with van der Waals surface area (Å²) in [5.41, 5.74) is 1.63. The highest BCUT2D eigenvalue weighted by Crippen LogP contribution is 2.33. The van der Waals surface area contributed by atoms with Crippen molar-refractivity contribution in [1.29, 1.82) is 5.26 Å². The topological polar surface area (TPSA) is 35.8 Å². The van der Waals surface area contributed by atoms with Gasteiger partial charge >= 0.3 is 0 Å². The van der Waals surface area contributed by atoms with E-state index in [0.717, 1.165) is 25.0 Å². The summed E-state index contributed by atoms with van der Waals surface area (Å²) in [5, 5.41) is 12.1. The van der Waals surface area contributed by atoms with E-state index in [1.54, 1.807) is 17.4 Å². The number of benzene rings is 1. The van der Waals surface area contributed by atoms with Crippen LogP contribution in [0.1, 0.15) is 10.4 Å². The third-order valence-corrected chi connectivity index (χ3v) is 6.16. The fraction of sp³-hybridized carbons (Fsp3) is 0.0833. The number of nitriles is 1. The number of nitrogens with zero attached hydrogens (tertiary/aromatic N) is 1. The van der Waals surface area contributed by atoms with Crippen LogP contribution in [0.2, 0.25) is 0 Å². The quantitative estimate of drug-likeness (QED) is 0.668. The fourth-order valence-electron chi connectivity index (χ4n) is 1.39. The van der Waals surface area contributed by atoms with E-state index in [1.807, 2.05) is 12.1 Å². The molecule has 2 aromatic rings. The molecule has 0 saturated carbocycles. The summed E-state index contributed by atoms with van der Waals surface area (Å²) in [6, 6.07) is 9.70. The summed E-state index contributed by atoms with van der Waals surface area (Å²) < 4.78 is 3.07. The van der Waals surface area contributed by atoms with Gasteiger partial charge in [0.1, 0.15) is 0 Å². The van der Waals surface area contributed by atoms with Gasteiger partial charge in [0.15, 0.2) is 0 Å². The lowest BCUT2D eigenvalue weighted by Crippen LogP contribution is -1.98. The van der Waals surface area contributed by atoms with Gasteiger partial charge in [-0.2, -0.15) is 5.26 Å². The monoisotopic (exact) mass is 448 g/mol. The number of hydrogen-bond acceptors (Lipinski definition) is 3. The average molecular weight is 451 g/mol. The van der Waals surface area contributed by atoms with Crippen molar-refractivity contribution >= 4 is 64.8 Å². The highest BCUT2D eigenvalue weighted by Gasteiger charge is 2.05. The maximum Gasteiger partial charge on any atom is 0.0992 e. The smallest absolute Gasteiger partial charge is 0.0992 e. The van der Waals surface area contributed by atoms with E-state index in [2.05, 4.69) is 65.2 Å². The molecule has 0 aliphatic rings. The second kappa shape index (κ2) is 6.20. The number of rotatable bonds is 3. The molecule has 1 aromatic heterocycles. The molecular formula is C12H7Br3N2S. The third kappa shape index (κ3) is 3.35. The van der Waals surface area contributed by atoms with Crippen LogP contribution in [-0.4, -0.2) is 0 Å². The molecular weight excluding hydrogens is 444 g/mol. The Labute approximate surface area is 134 Å². The van der Waals surface area contributed by atoms with Gasteiger partial charge in [-0.25, -0.2) is 0 Å². The first-order valence-corrected chi connectivity index (χ1v) is 8.17. The second-order valence-corrected chi connectivity index (χ2v) is 7.66. The van der Waals surface area contributed by atoms with Crippen LogP contribution >= 0.6 is 59.1 Å². The zero-order valence-corrected chi connectivity index (χ0v) is 14.6. The Morgan fingerprint density at radius 3 is 2.50 bits per heavy atom. The lowest BCUT2D eigenvalue weighted by molar-refractivity contribution is 1.19. The van der Waals surface area contributed by atoms with Gasteiger partial charge in [-0.3, -0.25) is 0 Å². The molecule has 0 fully saturated rings. The van der Waals surface area contributed by atoms with Crippen LogP contribution in [-0.2, 0) is 6.54 Å². The lowest BCUT2D eigenvalue weighted by atomic mass is 10.2. The van der Waals surface area contributed by atoms with Gasteiger partial charge in [-0.05, 0) is 72.1 Å². The van der Waals surface area contributed by atoms with E-state index < -0.39 is 0 Å². The Morgan fingerprint density at radius 2 is 1.94 bits per heavy atom. The van der Waals surface area contributed by atoms with Gasteiger partial charge in [0.05, 0.1) is 15.4 Å². The van der Waals surface area contributed by atoms with Crippen molar-refractivity contribution in [2.45, 2.75) is 6.54 Å². The largest absolute Gasteiger partial charge is 0.379 e. The molecule has 2 rings (SSSR count). The van der Waals surface area contributed by atoms with Crippen molar-refractivity contribution in [3.63, 3.8) is 0 Å². The summed E-state index contributed by atoms with van der Waals surface area (Å²) in [7, 11) is 0. The molecule has 0 radical (unpaired) electrons. The highest BCUT2D eigenvalue weighted by molar-refractivity contribution is 9.13. The number of nitrogens with one attached hydrogen (secondary N) is 1. The molecule has 0 amide bonds. The van der Waals surface area contributed by atoms with Crippen LogP contribution < -0.4 is 5.32 Å². The summed E-state index contributed by atoms with van der Waals surface area (Å²) in [4.78, 5) is 1.23. The number of halogens is 3. The van der Waals surface area contributed by atoms with Gasteiger partial charge in [0.2, 0.25) is 0 Å². The molecule has 0 spiro atoms. The van der Waals surface area contributed by atoms with Crippen LogP contribution in [0, 0.1) is 11.3 Å². The average Bonchev–Trinajstić information content (AvgIpc) is 2.67. The first-order chi connectivity index (χ1) is 8.60. The van der Waals surface area contributed by atoms with Crippen molar-refractivity contribution in [2.75, 3.05) is 5.32 Å². The Morgan fingerprint density at radius 1 is 1.17 bits per heavy atom. The number of thiophene rings is 1. The van der Waals surface area contributed by atoms with Gasteiger partial charge in [-0.15, -0.1) is 11.3 Å². The van der Waals surface area contributed by atoms with E-state index >= 15 is 0 Å². The summed E-state index contributed by atoms with van der Waals surface area (Å²) >= 11 is 12.1. The highest BCUT2D eigenvalue weighted by atomic mass is 79.9. The van der Waals surface area contributed by atoms with Gasteiger partial charge in [0, 0.05) is 26.1 Å². The van der Waals surface area contributed by atoms with Crippen LogP contribution in [0.25, 0.3) is 0 Å². The van der Waals surface area contributed by atoms with Crippen LogP contribution in [0.3, 0.4) is 0 Å². The third-order valence-electron chi connectivity index (χ3n) is 2.25. The molecule has 92 valence electrons. The van der Waals surface area contributed by atoms with E-state index in [9.17, 15) is 0 Å². The molecule has 6 heteroatoms. The number of anilines is 1. The minimum Gasteiger partial charge on any atom is -0.379 e. The first kappa shape index (κ1) is 14.1. The van der Waals surface area contributed by atoms with Crippen LogP contribution in [0.15, 0.2) is 37.0 Å². The minimum absolute atomic E-state index is 0.647. The molecule has 0 saturated heterocycles. The molecule has 0 bridgehead atoms. The van der Waals surface area contributed by atoms with Gasteiger partial charge in [0.25, 0.3) is 0 Å². The molecule has 1 aromatic carbocycles. The summed E-state index contributed by atoms with van der Waals surface area (Å²) in [6.07, 6.45) is 0. The first-order valence-electron chi connectivity index (χ1n) is 4.97. The summed E-state index contributed by atoms with van der Waals surface area (Å²) in [6.45, 7) is 0.749. The molecule has 0 aliphatic heterocycles. The standard InChI is InChI=1S/C12H7Br3N2S/c13-9-3-7(5-16)1-2-11(9)17-6-8-4-10(14)12(15)18-8/h1-4,17H,6H2. The van der Waals surface area contributed by atoms with Crippen molar-refractivity contribution in [1.82, 2.24) is 0 Å². The van der Waals surface area contributed by atoms with Crippen molar-refractivity contribution in [3.05, 3.63) is 47.4 Å². The molecule has 0 unspecified atom stereocenters. The van der Waals surface area contributed by atoms with Crippen LogP contribution in [0.4, 0.5) is 5.69 Å².